The molecule has 0 N–H and O–H groups in total. The zero-order valence-electron chi connectivity index (χ0n) is 18.1. The van der Waals surface area contributed by atoms with Crippen LogP contribution in [-0.4, -0.2) is 48.6 Å². The van der Waals surface area contributed by atoms with Crippen molar-refractivity contribution in [3.05, 3.63) is 54.1 Å². The van der Waals surface area contributed by atoms with Crippen LogP contribution in [-0.2, 0) is 11.2 Å². The number of aromatic nitrogens is 1. The van der Waals surface area contributed by atoms with Crippen LogP contribution >= 0.6 is 11.3 Å². The quantitative estimate of drug-likeness (QED) is 0.434. The molecule has 160 valence electrons. The van der Waals surface area contributed by atoms with Crippen molar-refractivity contribution in [2.45, 2.75) is 33.6 Å². The number of hydrogen-bond acceptors (Lipinski definition) is 5. The number of hydrogen-bond donors (Lipinski definition) is 0. The molecule has 0 unspecified atom stereocenters. The van der Waals surface area contributed by atoms with E-state index in [0.29, 0.717) is 19.6 Å². The van der Waals surface area contributed by atoms with Gasteiger partial charge in [0.05, 0.1) is 11.3 Å². The zero-order chi connectivity index (χ0) is 21.3. The van der Waals surface area contributed by atoms with E-state index >= 15 is 0 Å². The van der Waals surface area contributed by atoms with Crippen LogP contribution in [0.25, 0.3) is 10.2 Å². The third kappa shape index (κ3) is 5.58. The van der Waals surface area contributed by atoms with E-state index in [0.717, 1.165) is 47.2 Å². The molecular formula is C24H31N3O2S. The highest BCUT2D eigenvalue weighted by molar-refractivity contribution is 7.22. The highest BCUT2D eigenvalue weighted by Crippen LogP contribution is 2.34. The predicted octanol–water partition coefficient (Wildman–Crippen LogP) is 5.00. The normalized spacial score (nSPS) is 11.2. The van der Waals surface area contributed by atoms with Crippen LogP contribution < -0.4 is 9.64 Å². The van der Waals surface area contributed by atoms with Crippen molar-refractivity contribution >= 4 is 32.6 Å². The van der Waals surface area contributed by atoms with Gasteiger partial charge in [-0.2, -0.15) is 0 Å². The molecule has 3 rings (SSSR count). The number of likely N-dealkylation sites (N-methyl/N-ethyl adjacent to an activating group) is 1. The minimum Gasteiger partial charge on any atom is -0.492 e. The molecule has 2 aromatic carbocycles. The molecule has 0 bridgehead atoms. The zero-order valence-corrected chi connectivity index (χ0v) is 19.0. The second kappa shape index (κ2) is 11.1. The largest absolute Gasteiger partial charge is 0.492 e. The van der Waals surface area contributed by atoms with Gasteiger partial charge in [0.1, 0.15) is 11.3 Å². The fourth-order valence-electron chi connectivity index (χ4n) is 3.44. The molecule has 0 fully saturated rings. The molecule has 5 nitrogen and oxygen atoms in total. The van der Waals surface area contributed by atoms with Crippen LogP contribution in [0.15, 0.2) is 48.5 Å². The van der Waals surface area contributed by atoms with Crippen molar-refractivity contribution in [3.8, 4) is 5.75 Å². The Balaban J connectivity index is 1.83. The standard InChI is InChI=1S/C24H31N3O2S/c1-4-26(5-2)17-18-27(22(28)16-15-19-11-8-7-9-12-19)24-25-23-20(29-6-3)13-10-14-21(23)30-24/h7-14H,4-6,15-18H2,1-3H3. The topological polar surface area (TPSA) is 45.7 Å². The lowest BCUT2D eigenvalue weighted by Crippen LogP contribution is -2.39. The van der Waals surface area contributed by atoms with Crippen molar-refractivity contribution < 1.29 is 9.53 Å². The van der Waals surface area contributed by atoms with Crippen LogP contribution in [0.2, 0.25) is 0 Å². The number of carbonyl (C=O) groups is 1. The van der Waals surface area contributed by atoms with Gasteiger partial charge in [0.15, 0.2) is 5.13 Å². The summed E-state index contributed by atoms with van der Waals surface area (Å²) in [6.45, 7) is 10.3. The average molecular weight is 426 g/mol. The van der Waals surface area contributed by atoms with Gasteiger partial charge in [-0.3, -0.25) is 9.69 Å². The van der Waals surface area contributed by atoms with Crippen LogP contribution in [0.3, 0.4) is 0 Å². The number of rotatable bonds is 11. The summed E-state index contributed by atoms with van der Waals surface area (Å²) in [7, 11) is 0. The van der Waals surface area contributed by atoms with Gasteiger partial charge < -0.3 is 9.64 Å². The van der Waals surface area contributed by atoms with E-state index in [2.05, 4.69) is 30.9 Å². The second-order valence-electron chi connectivity index (χ2n) is 7.09. The summed E-state index contributed by atoms with van der Waals surface area (Å²) in [6, 6.07) is 16.1. The third-order valence-electron chi connectivity index (χ3n) is 5.21. The summed E-state index contributed by atoms with van der Waals surface area (Å²) in [6.07, 6.45) is 1.20. The molecule has 0 aliphatic rings. The van der Waals surface area contributed by atoms with E-state index in [1.165, 1.54) is 5.56 Å². The first-order chi connectivity index (χ1) is 14.7. The minimum atomic E-state index is 0.114. The number of benzene rings is 2. The first-order valence-corrected chi connectivity index (χ1v) is 11.6. The molecule has 0 aliphatic heterocycles. The second-order valence-corrected chi connectivity index (χ2v) is 8.10. The number of nitrogens with zero attached hydrogens (tertiary/aromatic N) is 3. The molecule has 1 amide bonds. The molecule has 0 saturated heterocycles. The first kappa shape index (κ1) is 22.2. The SMILES string of the molecule is CCOc1cccc2sc(N(CCN(CC)CC)C(=O)CCc3ccccc3)nc12. The van der Waals surface area contributed by atoms with E-state index in [9.17, 15) is 4.79 Å². The Morgan fingerprint density at radius 2 is 1.77 bits per heavy atom. The number of carbonyl (C=O) groups excluding carboxylic acids is 1. The fourth-order valence-corrected chi connectivity index (χ4v) is 4.46. The third-order valence-corrected chi connectivity index (χ3v) is 6.25. The number of anilines is 1. The summed E-state index contributed by atoms with van der Waals surface area (Å²) >= 11 is 1.56. The average Bonchev–Trinajstić information content (AvgIpc) is 3.21. The van der Waals surface area contributed by atoms with Crippen molar-refractivity contribution in [1.29, 1.82) is 0 Å². The Morgan fingerprint density at radius 1 is 1.00 bits per heavy atom. The maximum absolute atomic E-state index is 13.2. The lowest BCUT2D eigenvalue weighted by molar-refractivity contribution is -0.118. The number of aryl methyl sites for hydroxylation is 1. The molecule has 3 aromatic rings. The Hall–Kier alpha value is -2.44. The number of para-hydroxylation sites is 1. The molecule has 0 saturated carbocycles. The van der Waals surface area contributed by atoms with E-state index < -0.39 is 0 Å². The van der Waals surface area contributed by atoms with Gasteiger partial charge in [0.25, 0.3) is 0 Å². The lowest BCUT2D eigenvalue weighted by Gasteiger charge is -2.24. The van der Waals surface area contributed by atoms with Crippen molar-refractivity contribution in [2.24, 2.45) is 0 Å². The molecule has 0 atom stereocenters. The van der Waals surface area contributed by atoms with Gasteiger partial charge in [-0.15, -0.1) is 0 Å². The molecule has 0 spiro atoms. The van der Waals surface area contributed by atoms with Crippen LogP contribution in [0.5, 0.6) is 5.75 Å². The fraction of sp³-hybridized carbons (Fsp3) is 0.417. The van der Waals surface area contributed by atoms with Crippen molar-refractivity contribution in [3.63, 3.8) is 0 Å². The van der Waals surface area contributed by atoms with Gasteiger partial charge in [0.2, 0.25) is 5.91 Å². The minimum absolute atomic E-state index is 0.114. The van der Waals surface area contributed by atoms with Gasteiger partial charge >= 0.3 is 0 Å². The number of ether oxygens (including phenoxy) is 1. The molecule has 0 aliphatic carbocycles. The van der Waals surface area contributed by atoms with E-state index in [1.54, 1.807) is 11.3 Å². The Morgan fingerprint density at radius 3 is 2.47 bits per heavy atom. The van der Waals surface area contributed by atoms with Gasteiger partial charge in [0, 0.05) is 19.5 Å². The van der Waals surface area contributed by atoms with Gasteiger partial charge in [-0.1, -0.05) is 61.6 Å². The monoisotopic (exact) mass is 425 g/mol. The summed E-state index contributed by atoms with van der Waals surface area (Å²) in [5.41, 5.74) is 2.01. The van der Waals surface area contributed by atoms with E-state index in [-0.39, 0.29) is 5.91 Å². The Bertz CT molecular complexity index is 938. The Kier molecular flexibility index (Phi) is 8.22. The van der Waals surface area contributed by atoms with Gasteiger partial charge in [-0.05, 0) is 44.1 Å². The summed E-state index contributed by atoms with van der Waals surface area (Å²) in [5, 5.41) is 0.752. The first-order valence-electron chi connectivity index (χ1n) is 10.7. The number of fused-ring (bicyclic) bond motifs is 1. The van der Waals surface area contributed by atoms with E-state index in [1.807, 2.05) is 48.2 Å². The highest BCUT2D eigenvalue weighted by atomic mass is 32.1. The van der Waals surface area contributed by atoms with Crippen LogP contribution in [0, 0.1) is 0 Å². The summed E-state index contributed by atoms with van der Waals surface area (Å²) < 4.78 is 6.78. The lowest BCUT2D eigenvalue weighted by atomic mass is 10.1. The highest BCUT2D eigenvalue weighted by Gasteiger charge is 2.21. The van der Waals surface area contributed by atoms with Crippen molar-refractivity contribution in [2.75, 3.05) is 37.7 Å². The van der Waals surface area contributed by atoms with Gasteiger partial charge in [-0.25, -0.2) is 4.98 Å². The van der Waals surface area contributed by atoms with Crippen LogP contribution in [0.4, 0.5) is 5.13 Å². The summed E-state index contributed by atoms with van der Waals surface area (Å²) in [4.78, 5) is 22.2. The molecule has 0 radical (unpaired) electrons. The smallest absolute Gasteiger partial charge is 0.229 e. The Labute approximate surface area is 183 Å². The molecular weight excluding hydrogens is 394 g/mol. The molecule has 6 heteroatoms. The maximum Gasteiger partial charge on any atom is 0.229 e. The molecule has 1 heterocycles. The van der Waals surface area contributed by atoms with Crippen LogP contribution in [0.1, 0.15) is 32.8 Å². The summed E-state index contributed by atoms with van der Waals surface area (Å²) in [5.74, 6) is 0.890. The number of amides is 1. The molecule has 30 heavy (non-hydrogen) atoms. The maximum atomic E-state index is 13.2. The van der Waals surface area contributed by atoms with Crippen molar-refractivity contribution in [1.82, 2.24) is 9.88 Å². The predicted molar refractivity (Wildman–Crippen MR) is 126 cm³/mol. The number of thiazole rings is 1. The molecule has 1 aromatic heterocycles. The van der Waals surface area contributed by atoms with E-state index in [4.69, 9.17) is 9.72 Å².